The molecule has 0 saturated carbocycles. The Morgan fingerprint density at radius 2 is 1.69 bits per heavy atom. The fraction of sp³-hybridized carbons (Fsp3) is 0.895. The zero-order valence-electron chi connectivity index (χ0n) is 16.7. The fourth-order valence-corrected chi connectivity index (χ4v) is 3.97. The minimum atomic E-state index is 0.318. The van der Waals surface area contributed by atoms with Crippen molar-refractivity contribution in [3.05, 3.63) is 0 Å². The lowest BCUT2D eigenvalue weighted by molar-refractivity contribution is -0.132. The highest BCUT2D eigenvalue weighted by atomic mass is 32.2. The molecular weight excluding hydrogens is 346 g/mol. The highest BCUT2D eigenvalue weighted by Gasteiger charge is 2.23. The monoisotopic (exact) mass is 383 g/mol. The van der Waals surface area contributed by atoms with Crippen LogP contribution in [0.25, 0.3) is 0 Å². The van der Waals surface area contributed by atoms with Crippen LogP contribution in [0.1, 0.15) is 39.0 Å². The summed E-state index contributed by atoms with van der Waals surface area (Å²) in [5.74, 6) is 2.51. The normalized spacial score (nSPS) is 20.2. The van der Waals surface area contributed by atoms with Crippen LogP contribution in [-0.4, -0.2) is 97.5 Å². The summed E-state index contributed by atoms with van der Waals surface area (Å²) in [6.07, 6.45) is 8.14. The number of hydrogen-bond acceptors (Lipinski definition) is 4. The first kappa shape index (κ1) is 21.4. The number of likely N-dealkylation sites (tertiary alicyclic amines) is 1. The minimum Gasteiger partial charge on any atom is -0.357 e. The second-order valence-corrected chi connectivity index (χ2v) is 8.13. The molecule has 6 nitrogen and oxygen atoms in total. The topological polar surface area (TPSA) is 51.2 Å². The summed E-state index contributed by atoms with van der Waals surface area (Å²) >= 11 is 1.88. The van der Waals surface area contributed by atoms with Gasteiger partial charge in [0.15, 0.2) is 5.96 Å². The molecule has 26 heavy (non-hydrogen) atoms. The van der Waals surface area contributed by atoms with Gasteiger partial charge in [-0.05, 0) is 38.2 Å². The molecule has 1 N–H and O–H groups in total. The molecule has 0 spiro atoms. The van der Waals surface area contributed by atoms with E-state index in [9.17, 15) is 4.79 Å². The Bertz CT molecular complexity index is 430. The molecule has 0 aromatic carbocycles. The predicted octanol–water partition coefficient (Wildman–Crippen LogP) is 1.73. The number of nitrogens with one attached hydrogen (secondary N) is 1. The molecule has 2 rings (SSSR count). The van der Waals surface area contributed by atoms with Crippen LogP contribution < -0.4 is 5.32 Å². The van der Waals surface area contributed by atoms with Gasteiger partial charge in [0.05, 0.1) is 6.54 Å². The van der Waals surface area contributed by atoms with E-state index in [0.717, 1.165) is 70.5 Å². The summed E-state index contributed by atoms with van der Waals surface area (Å²) in [7, 11) is 0. The van der Waals surface area contributed by atoms with E-state index in [1.165, 1.54) is 25.7 Å². The molecule has 0 radical (unpaired) electrons. The maximum Gasteiger partial charge on any atom is 0.236 e. The summed E-state index contributed by atoms with van der Waals surface area (Å²) in [6, 6.07) is 0. The molecule has 0 unspecified atom stereocenters. The molecule has 2 fully saturated rings. The smallest absolute Gasteiger partial charge is 0.236 e. The quantitative estimate of drug-likeness (QED) is 0.412. The van der Waals surface area contributed by atoms with Gasteiger partial charge in [0.25, 0.3) is 0 Å². The average molecular weight is 384 g/mol. The maximum absolute atomic E-state index is 12.6. The first-order valence-electron chi connectivity index (χ1n) is 10.3. The third kappa shape index (κ3) is 7.35. The molecule has 2 heterocycles. The van der Waals surface area contributed by atoms with E-state index in [1.54, 1.807) is 0 Å². The van der Waals surface area contributed by atoms with Gasteiger partial charge in [-0.25, -0.2) is 0 Å². The molecule has 1 amide bonds. The van der Waals surface area contributed by atoms with E-state index in [1.807, 2.05) is 11.8 Å². The lowest BCUT2D eigenvalue weighted by atomic mass is 10.2. The highest BCUT2D eigenvalue weighted by molar-refractivity contribution is 7.98. The SMILES string of the molecule is CCNC(=NCCCSC)N1CCN(CC(=O)N2CCCCCC2)CC1. The Morgan fingerprint density at radius 3 is 2.31 bits per heavy atom. The van der Waals surface area contributed by atoms with Crippen molar-refractivity contribution < 1.29 is 4.79 Å². The largest absolute Gasteiger partial charge is 0.357 e. The third-order valence-electron chi connectivity index (χ3n) is 5.09. The number of nitrogens with zero attached hydrogens (tertiary/aromatic N) is 4. The van der Waals surface area contributed by atoms with Crippen molar-refractivity contribution in [3.63, 3.8) is 0 Å². The minimum absolute atomic E-state index is 0.318. The first-order valence-corrected chi connectivity index (χ1v) is 11.7. The van der Waals surface area contributed by atoms with E-state index < -0.39 is 0 Å². The number of rotatable bonds is 7. The molecular formula is C19H37N5OS. The fourth-order valence-electron chi connectivity index (χ4n) is 3.55. The molecule has 2 saturated heterocycles. The van der Waals surface area contributed by atoms with Crippen LogP contribution in [0.2, 0.25) is 0 Å². The van der Waals surface area contributed by atoms with Gasteiger partial charge < -0.3 is 15.1 Å². The number of aliphatic imine (C=N–C) groups is 1. The molecule has 150 valence electrons. The number of amides is 1. The number of thioether (sulfide) groups is 1. The third-order valence-corrected chi connectivity index (χ3v) is 5.79. The average Bonchev–Trinajstić information content (AvgIpc) is 2.94. The van der Waals surface area contributed by atoms with Gasteiger partial charge in [0.2, 0.25) is 5.91 Å². The number of carbonyl (C=O) groups is 1. The second-order valence-electron chi connectivity index (χ2n) is 7.14. The first-order chi connectivity index (χ1) is 12.7. The standard InChI is InChI=1S/C19H37N5OS/c1-3-20-19(21-9-8-16-26-2)24-14-12-22(13-15-24)17-18(25)23-10-6-4-5-7-11-23/h3-17H2,1-2H3,(H,20,21). The van der Waals surface area contributed by atoms with Crippen molar-refractivity contribution in [3.8, 4) is 0 Å². The van der Waals surface area contributed by atoms with Crippen molar-refractivity contribution in [2.45, 2.75) is 39.0 Å². The van der Waals surface area contributed by atoms with Gasteiger partial charge in [0, 0.05) is 52.4 Å². The van der Waals surface area contributed by atoms with E-state index >= 15 is 0 Å². The summed E-state index contributed by atoms with van der Waals surface area (Å²) in [4.78, 5) is 24.1. The van der Waals surface area contributed by atoms with Crippen LogP contribution in [0, 0.1) is 0 Å². The maximum atomic E-state index is 12.6. The zero-order valence-corrected chi connectivity index (χ0v) is 17.5. The molecule has 7 heteroatoms. The van der Waals surface area contributed by atoms with Crippen LogP contribution in [0.15, 0.2) is 4.99 Å². The van der Waals surface area contributed by atoms with E-state index in [0.29, 0.717) is 12.5 Å². The van der Waals surface area contributed by atoms with E-state index in [2.05, 4.69) is 33.2 Å². The summed E-state index contributed by atoms with van der Waals surface area (Å²) in [5.41, 5.74) is 0. The van der Waals surface area contributed by atoms with Crippen molar-refractivity contribution in [2.24, 2.45) is 4.99 Å². The molecule has 0 atom stereocenters. The van der Waals surface area contributed by atoms with Crippen molar-refractivity contribution in [1.82, 2.24) is 20.0 Å². The molecule has 2 aliphatic heterocycles. The lowest BCUT2D eigenvalue weighted by Crippen LogP contribution is -2.54. The van der Waals surface area contributed by atoms with Crippen molar-refractivity contribution >= 4 is 23.6 Å². The van der Waals surface area contributed by atoms with Gasteiger partial charge in [0.1, 0.15) is 0 Å². The van der Waals surface area contributed by atoms with Gasteiger partial charge in [-0.15, -0.1) is 0 Å². The van der Waals surface area contributed by atoms with Crippen molar-refractivity contribution in [2.75, 3.05) is 70.9 Å². The van der Waals surface area contributed by atoms with Crippen LogP contribution in [0.4, 0.5) is 0 Å². The van der Waals surface area contributed by atoms with E-state index in [-0.39, 0.29) is 0 Å². The summed E-state index contributed by atoms with van der Waals surface area (Å²) in [6.45, 7) is 10.2. The Hall–Kier alpha value is -0.950. The van der Waals surface area contributed by atoms with E-state index in [4.69, 9.17) is 4.99 Å². The highest BCUT2D eigenvalue weighted by Crippen LogP contribution is 2.11. The lowest BCUT2D eigenvalue weighted by Gasteiger charge is -2.37. The Labute approximate surface area is 163 Å². The Balaban J connectivity index is 1.76. The number of guanidine groups is 1. The van der Waals surface area contributed by atoms with Crippen LogP contribution in [0.5, 0.6) is 0 Å². The van der Waals surface area contributed by atoms with Crippen LogP contribution in [0.3, 0.4) is 0 Å². The summed E-state index contributed by atoms with van der Waals surface area (Å²) in [5, 5.41) is 3.42. The molecule has 2 aliphatic rings. The van der Waals surface area contributed by atoms with Gasteiger partial charge in [-0.3, -0.25) is 14.7 Å². The molecule has 0 aromatic rings. The summed E-state index contributed by atoms with van der Waals surface area (Å²) < 4.78 is 0. The Kier molecular flexibility index (Phi) is 10.2. The predicted molar refractivity (Wildman–Crippen MR) is 112 cm³/mol. The van der Waals surface area contributed by atoms with Gasteiger partial charge in [-0.2, -0.15) is 11.8 Å². The number of hydrogen-bond donors (Lipinski definition) is 1. The molecule has 0 aliphatic carbocycles. The number of carbonyl (C=O) groups excluding carboxylic acids is 1. The second kappa shape index (κ2) is 12.4. The molecule has 0 aromatic heterocycles. The zero-order chi connectivity index (χ0) is 18.6. The van der Waals surface area contributed by atoms with Gasteiger partial charge in [-0.1, -0.05) is 12.8 Å². The van der Waals surface area contributed by atoms with Crippen LogP contribution >= 0.6 is 11.8 Å². The van der Waals surface area contributed by atoms with Gasteiger partial charge >= 0.3 is 0 Å². The Morgan fingerprint density at radius 1 is 1.00 bits per heavy atom. The number of piperazine rings is 1. The molecule has 0 bridgehead atoms. The van der Waals surface area contributed by atoms with Crippen molar-refractivity contribution in [1.29, 1.82) is 0 Å². The van der Waals surface area contributed by atoms with Crippen LogP contribution in [-0.2, 0) is 4.79 Å².